The lowest BCUT2D eigenvalue weighted by Gasteiger charge is -2.23. The number of anilines is 1. The molecule has 20 heavy (non-hydrogen) atoms. The topological polar surface area (TPSA) is 49.4 Å². The SMILES string of the molecule is O=C1CCCN(C(=O)NCC(F)(F)F)c2ccccc21. The van der Waals surface area contributed by atoms with Gasteiger partial charge in [0, 0.05) is 18.5 Å². The predicted octanol–water partition coefficient (Wildman–Crippen LogP) is 2.74. The molecule has 1 aliphatic rings. The molecule has 2 amide bonds. The molecule has 0 fully saturated rings. The van der Waals surface area contributed by atoms with Crippen LogP contribution in [0.4, 0.5) is 23.7 Å². The summed E-state index contributed by atoms with van der Waals surface area (Å²) in [5, 5.41) is 1.83. The second kappa shape index (κ2) is 5.52. The van der Waals surface area contributed by atoms with Crippen LogP contribution in [0.25, 0.3) is 0 Å². The smallest absolute Gasteiger partial charge is 0.329 e. The second-order valence-electron chi connectivity index (χ2n) is 4.47. The van der Waals surface area contributed by atoms with Gasteiger partial charge in [0.05, 0.1) is 5.69 Å². The maximum atomic E-state index is 12.1. The number of fused-ring (bicyclic) bond motifs is 1. The number of hydrogen-bond donors (Lipinski definition) is 1. The number of urea groups is 1. The molecule has 1 aromatic rings. The van der Waals surface area contributed by atoms with E-state index in [0.717, 1.165) is 0 Å². The van der Waals surface area contributed by atoms with Crippen molar-refractivity contribution in [3.8, 4) is 0 Å². The standard InChI is InChI=1S/C13H13F3N2O2/c14-13(15,16)8-17-12(20)18-7-3-6-11(19)9-4-1-2-5-10(9)18/h1-2,4-5H,3,6-8H2,(H,17,20). The molecule has 0 radical (unpaired) electrons. The number of benzene rings is 1. The van der Waals surface area contributed by atoms with Gasteiger partial charge in [-0.15, -0.1) is 0 Å². The third-order valence-electron chi connectivity index (χ3n) is 2.97. The summed E-state index contributed by atoms with van der Waals surface area (Å²) in [5.41, 5.74) is 0.724. The Morgan fingerprint density at radius 3 is 2.70 bits per heavy atom. The second-order valence-corrected chi connectivity index (χ2v) is 4.47. The van der Waals surface area contributed by atoms with Crippen LogP contribution in [0.5, 0.6) is 0 Å². The van der Waals surface area contributed by atoms with Gasteiger partial charge in [-0.25, -0.2) is 4.79 Å². The highest BCUT2D eigenvalue weighted by atomic mass is 19.4. The number of alkyl halides is 3. The number of rotatable bonds is 1. The van der Waals surface area contributed by atoms with Gasteiger partial charge in [0.25, 0.3) is 0 Å². The number of nitrogens with zero attached hydrogens (tertiary/aromatic N) is 1. The summed E-state index contributed by atoms with van der Waals surface area (Å²) in [4.78, 5) is 24.9. The van der Waals surface area contributed by atoms with E-state index in [9.17, 15) is 22.8 Å². The third-order valence-corrected chi connectivity index (χ3v) is 2.97. The van der Waals surface area contributed by atoms with Crippen molar-refractivity contribution in [2.24, 2.45) is 0 Å². The summed E-state index contributed by atoms with van der Waals surface area (Å²) in [6.07, 6.45) is -3.76. The van der Waals surface area contributed by atoms with Crippen molar-refractivity contribution >= 4 is 17.5 Å². The van der Waals surface area contributed by atoms with Gasteiger partial charge >= 0.3 is 12.2 Å². The van der Waals surface area contributed by atoms with E-state index >= 15 is 0 Å². The molecule has 1 aromatic carbocycles. The quantitative estimate of drug-likeness (QED) is 0.863. The molecule has 0 atom stereocenters. The Morgan fingerprint density at radius 2 is 2.00 bits per heavy atom. The lowest BCUT2D eigenvalue weighted by Crippen LogP contribution is -2.44. The van der Waals surface area contributed by atoms with Crippen molar-refractivity contribution in [3.05, 3.63) is 29.8 Å². The molecule has 0 bridgehead atoms. The van der Waals surface area contributed by atoms with Crippen LogP contribution in [0.15, 0.2) is 24.3 Å². The highest BCUT2D eigenvalue weighted by Gasteiger charge is 2.30. The molecule has 0 saturated heterocycles. The highest BCUT2D eigenvalue weighted by molar-refractivity contribution is 6.06. The van der Waals surface area contributed by atoms with Crippen molar-refractivity contribution < 1.29 is 22.8 Å². The minimum absolute atomic E-state index is 0.105. The number of carbonyl (C=O) groups is 2. The van der Waals surface area contributed by atoms with E-state index < -0.39 is 18.8 Å². The molecule has 108 valence electrons. The van der Waals surface area contributed by atoms with Crippen molar-refractivity contribution in [2.45, 2.75) is 19.0 Å². The van der Waals surface area contributed by atoms with Crippen molar-refractivity contribution in [1.82, 2.24) is 5.32 Å². The molecular formula is C13H13F3N2O2. The van der Waals surface area contributed by atoms with E-state index in [0.29, 0.717) is 17.7 Å². The lowest BCUT2D eigenvalue weighted by atomic mass is 10.1. The minimum Gasteiger partial charge on any atom is -0.329 e. The molecule has 1 N–H and O–H groups in total. The van der Waals surface area contributed by atoms with Gasteiger partial charge in [0.15, 0.2) is 5.78 Å². The van der Waals surface area contributed by atoms with E-state index in [1.165, 1.54) is 4.90 Å². The van der Waals surface area contributed by atoms with Crippen molar-refractivity contribution in [2.75, 3.05) is 18.0 Å². The first-order valence-electron chi connectivity index (χ1n) is 6.13. The Morgan fingerprint density at radius 1 is 1.30 bits per heavy atom. The van der Waals surface area contributed by atoms with Gasteiger partial charge in [0.1, 0.15) is 6.54 Å². The average Bonchev–Trinajstić information content (AvgIpc) is 2.55. The first-order chi connectivity index (χ1) is 9.38. The summed E-state index contributed by atoms with van der Waals surface area (Å²) in [6.45, 7) is -1.18. The number of nitrogens with one attached hydrogen (secondary N) is 1. The Kier molecular flexibility index (Phi) is 3.96. The van der Waals surface area contributed by atoms with Crippen LogP contribution in [0.2, 0.25) is 0 Å². The van der Waals surface area contributed by atoms with Gasteiger partial charge in [-0.2, -0.15) is 13.2 Å². The largest absolute Gasteiger partial charge is 0.405 e. The fourth-order valence-corrected chi connectivity index (χ4v) is 2.08. The molecule has 4 nitrogen and oxygen atoms in total. The number of halogens is 3. The summed E-state index contributed by atoms with van der Waals surface area (Å²) in [6, 6.07) is 5.60. The first-order valence-corrected chi connectivity index (χ1v) is 6.13. The van der Waals surface area contributed by atoms with Crippen LogP contribution in [-0.4, -0.2) is 31.1 Å². The van der Waals surface area contributed by atoms with E-state index in [4.69, 9.17) is 0 Å². The molecule has 1 aliphatic heterocycles. The molecule has 0 spiro atoms. The van der Waals surface area contributed by atoms with Gasteiger partial charge < -0.3 is 5.32 Å². The number of amides is 2. The van der Waals surface area contributed by atoms with Crippen LogP contribution in [0, 0.1) is 0 Å². The number of ketones is 1. The molecule has 0 saturated carbocycles. The van der Waals surface area contributed by atoms with Crippen LogP contribution in [-0.2, 0) is 0 Å². The number of para-hydroxylation sites is 1. The fraction of sp³-hybridized carbons (Fsp3) is 0.385. The maximum Gasteiger partial charge on any atom is 0.405 e. The zero-order chi connectivity index (χ0) is 14.8. The maximum absolute atomic E-state index is 12.1. The Balaban J connectivity index is 2.21. The Hall–Kier alpha value is -2.05. The monoisotopic (exact) mass is 286 g/mol. The molecular weight excluding hydrogens is 273 g/mol. The predicted molar refractivity (Wildman–Crippen MR) is 66.8 cm³/mol. The Labute approximate surface area is 113 Å². The molecule has 0 aromatic heterocycles. The number of carbonyl (C=O) groups excluding carboxylic acids is 2. The molecule has 7 heteroatoms. The molecule has 1 heterocycles. The van der Waals surface area contributed by atoms with Crippen molar-refractivity contribution in [1.29, 1.82) is 0 Å². The zero-order valence-corrected chi connectivity index (χ0v) is 10.5. The molecule has 0 unspecified atom stereocenters. The van der Waals surface area contributed by atoms with Gasteiger partial charge in [0.2, 0.25) is 0 Å². The third kappa shape index (κ3) is 3.28. The normalized spacial score (nSPS) is 15.6. The fourth-order valence-electron chi connectivity index (χ4n) is 2.08. The van der Waals surface area contributed by atoms with Crippen LogP contribution in [0.3, 0.4) is 0 Å². The highest BCUT2D eigenvalue weighted by Crippen LogP contribution is 2.26. The summed E-state index contributed by atoms with van der Waals surface area (Å²) >= 11 is 0. The van der Waals surface area contributed by atoms with E-state index in [1.54, 1.807) is 24.3 Å². The van der Waals surface area contributed by atoms with E-state index in [-0.39, 0.29) is 18.7 Å². The summed E-state index contributed by atoms with van der Waals surface area (Å²) in [5.74, 6) is -0.105. The van der Waals surface area contributed by atoms with E-state index in [1.807, 2.05) is 5.32 Å². The average molecular weight is 286 g/mol. The number of hydrogen-bond acceptors (Lipinski definition) is 2. The van der Waals surface area contributed by atoms with Crippen molar-refractivity contribution in [3.63, 3.8) is 0 Å². The van der Waals surface area contributed by atoms with Gasteiger partial charge in [-0.05, 0) is 18.6 Å². The van der Waals surface area contributed by atoms with Crippen LogP contribution in [0.1, 0.15) is 23.2 Å². The molecule has 2 rings (SSSR count). The Bertz CT molecular complexity index is 529. The summed E-state index contributed by atoms with van der Waals surface area (Å²) in [7, 11) is 0. The van der Waals surface area contributed by atoms with E-state index in [2.05, 4.69) is 0 Å². The summed E-state index contributed by atoms with van der Waals surface area (Å²) < 4.78 is 36.4. The van der Waals surface area contributed by atoms with Gasteiger partial charge in [-0.3, -0.25) is 9.69 Å². The van der Waals surface area contributed by atoms with Crippen LogP contribution < -0.4 is 10.2 Å². The lowest BCUT2D eigenvalue weighted by molar-refractivity contribution is -0.122. The first kappa shape index (κ1) is 14.4. The molecule has 0 aliphatic carbocycles. The van der Waals surface area contributed by atoms with Gasteiger partial charge in [-0.1, -0.05) is 12.1 Å². The van der Waals surface area contributed by atoms with Crippen LogP contribution >= 0.6 is 0 Å². The zero-order valence-electron chi connectivity index (χ0n) is 10.5. The number of Topliss-reactive ketones (excluding diaryl/α,β-unsaturated/α-hetero) is 1. The minimum atomic E-state index is -4.46.